The van der Waals surface area contributed by atoms with Crippen LogP contribution < -0.4 is 64.2 Å². The normalized spacial score (nSPS) is 12.4. The van der Waals surface area contributed by atoms with E-state index < -0.39 is 39.6 Å². The summed E-state index contributed by atoms with van der Waals surface area (Å²) in [5.41, 5.74) is 6.97. The van der Waals surface area contributed by atoms with Crippen molar-refractivity contribution in [2.24, 2.45) is 0 Å². The van der Waals surface area contributed by atoms with Crippen molar-refractivity contribution in [3.8, 4) is 0 Å². The zero-order valence-corrected chi connectivity index (χ0v) is 22.6. The molecular weight excluding hydrogens is 408 g/mol. The number of aliphatic carboxylic acids is 2. The number of carboxylic acids is 2. The third kappa shape index (κ3) is 16.6. The Balaban J connectivity index is -0.000000194. The molecule has 11 heteroatoms. The van der Waals surface area contributed by atoms with Crippen molar-refractivity contribution in [2.45, 2.75) is 89.2 Å². The summed E-state index contributed by atoms with van der Waals surface area (Å²) in [6.45, 7) is 4.01. The second-order valence-corrected chi connectivity index (χ2v) is 7.99. The van der Waals surface area contributed by atoms with E-state index in [0.29, 0.717) is 6.54 Å². The van der Waals surface area contributed by atoms with Crippen LogP contribution in [0.1, 0.15) is 84.5 Å². The summed E-state index contributed by atoms with van der Waals surface area (Å²) in [6, 6.07) is 0. The van der Waals surface area contributed by atoms with E-state index in [1.165, 1.54) is 51.4 Å². The quantitative estimate of drug-likeness (QED) is 0.164. The van der Waals surface area contributed by atoms with Crippen LogP contribution in [0.2, 0.25) is 0 Å². The van der Waals surface area contributed by atoms with Crippen LogP contribution in [-0.4, -0.2) is 41.3 Å². The summed E-state index contributed by atoms with van der Waals surface area (Å²) >= 11 is 0. The van der Waals surface area contributed by atoms with Gasteiger partial charge in [0, 0.05) is 0 Å². The minimum Gasteiger partial charge on any atom is -0.677 e. The third-order valence-corrected chi connectivity index (χ3v) is 5.74. The second kappa shape index (κ2) is 21.1. The van der Waals surface area contributed by atoms with Crippen molar-refractivity contribution in [1.29, 1.82) is 0 Å². The van der Waals surface area contributed by atoms with E-state index in [2.05, 4.69) is 6.92 Å². The average molecular weight is 441 g/mol. The Labute approximate surface area is 213 Å². The second-order valence-electron chi connectivity index (χ2n) is 6.26. The maximum Gasteiger partial charge on any atom is 1.00 e. The summed E-state index contributed by atoms with van der Waals surface area (Å²) in [5.74, 6) is -3.77. The number of carbonyl (C=O) groups excluding carboxylic acids is 1. The predicted octanol–water partition coefficient (Wildman–Crippen LogP) is -3.17. The summed E-state index contributed by atoms with van der Waals surface area (Å²) < 4.78 is 27.3. The number of unbranched alkanes of at least 4 members (excludes halogenated alkanes) is 8. The standard InChI is InChI=1S/C11H24N.C6H10O7S.2Na/c1-2-3-4-5-6-7-8-9-10-11-12;1-2-6(5(9)10,3-4(7)8)14(11,12)13;;/h12H,2-11H2,1H3;2-3H2,1H3,(H,7,8)(H,9,10)(H,11,12,13);;/q-1;;2*+1/p-1. The zero-order valence-electron chi connectivity index (χ0n) is 17.8. The molecule has 0 heterocycles. The SMILES string of the molecule is CCC(CC(=O)O)(C(=O)[O-])S(=O)(=O)O.CCCCCCCCCCC[NH-].[Na+].[Na+]. The van der Waals surface area contributed by atoms with E-state index in [4.69, 9.17) is 15.4 Å². The Morgan fingerprint density at radius 1 is 0.929 bits per heavy atom. The molecule has 1 atom stereocenters. The van der Waals surface area contributed by atoms with Gasteiger partial charge in [-0.3, -0.25) is 9.35 Å². The van der Waals surface area contributed by atoms with Crippen molar-refractivity contribution in [3.63, 3.8) is 0 Å². The minimum absolute atomic E-state index is 0. The van der Waals surface area contributed by atoms with Crippen molar-refractivity contribution in [3.05, 3.63) is 5.73 Å². The molecule has 0 bridgehead atoms. The summed E-state index contributed by atoms with van der Waals surface area (Å²) in [5, 5.41) is 18.8. The van der Waals surface area contributed by atoms with E-state index in [-0.39, 0.29) is 59.1 Å². The number of hydrogen-bond acceptors (Lipinski definition) is 5. The van der Waals surface area contributed by atoms with Crippen LogP contribution in [-0.2, 0) is 19.7 Å². The maximum atomic E-state index is 10.7. The van der Waals surface area contributed by atoms with Gasteiger partial charge in [0.25, 0.3) is 10.1 Å². The molecule has 3 N–H and O–H groups in total. The van der Waals surface area contributed by atoms with Gasteiger partial charge in [0.05, 0.1) is 12.4 Å². The molecule has 0 saturated heterocycles. The monoisotopic (exact) mass is 441 g/mol. The first-order valence-corrected chi connectivity index (χ1v) is 10.6. The Bertz CT molecular complexity index is 494. The molecule has 0 amide bonds. The van der Waals surface area contributed by atoms with Gasteiger partial charge < -0.3 is 20.7 Å². The molecule has 28 heavy (non-hydrogen) atoms. The molecule has 1 unspecified atom stereocenters. The molecule has 0 aromatic heterocycles. The first-order valence-electron chi connectivity index (χ1n) is 9.13. The van der Waals surface area contributed by atoms with Crippen LogP contribution in [0.3, 0.4) is 0 Å². The van der Waals surface area contributed by atoms with Gasteiger partial charge in [-0.25, -0.2) is 0 Å². The van der Waals surface area contributed by atoms with Gasteiger partial charge >= 0.3 is 65.1 Å². The topological polar surface area (TPSA) is 156 Å². The van der Waals surface area contributed by atoms with Crippen LogP contribution in [0.4, 0.5) is 0 Å². The van der Waals surface area contributed by atoms with E-state index >= 15 is 0 Å². The van der Waals surface area contributed by atoms with Crippen LogP contribution in [0, 0.1) is 0 Å². The van der Waals surface area contributed by atoms with E-state index in [0.717, 1.165) is 13.3 Å². The molecule has 8 nitrogen and oxygen atoms in total. The van der Waals surface area contributed by atoms with Gasteiger partial charge in [-0.05, 0) is 6.42 Å². The summed E-state index contributed by atoms with van der Waals surface area (Å²) in [4.78, 5) is 20.8. The van der Waals surface area contributed by atoms with Crippen LogP contribution in [0.5, 0.6) is 0 Å². The Hall–Kier alpha value is 0.810. The molecule has 156 valence electrons. The molecule has 0 aliphatic rings. The fourth-order valence-electron chi connectivity index (χ4n) is 2.40. The Morgan fingerprint density at radius 2 is 1.32 bits per heavy atom. The van der Waals surface area contributed by atoms with Crippen molar-refractivity contribution >= 4 is 22.1 Å². The zero-order chi connectivity index (χ0) is 20.6. The summed E-state index contributed by atoms with van der Waals surface area (Å²) in [7, 11) is -5.01. The van der Waals surface area contributed by atoms with E-state index in [1.807, 2.05) is 0 Å². The van der Waals surface area contributed by atoms with Crippen molar-refractivity contribution in [1.82, 2.24) is 0 Å². The van der Waals surface area contributed by atoms with Gasteiger partial charge in [-0.2, -0.15) is 15.0 Å². The fraction of sp³-hybridized carbons (Fsp3) is 0.882. The molecule has 0 saturated carbocycles. The minimum atomic E-state index is -5.01. The molecule has 0 radical (unpaired) electrons. The smallest absolute Gasteiger partial charge is 0.677 e. The van der Waals surface area contributed by atoms with Crippen LogP contribution in [0.15, 0.2) is 0 Å². The fourth-order valence-corrected chi connectivity index (χ4v) is 3.28. The van der Waals surface area contributed by atoms with Crippen molar-refractivity contribution < 1.29 is 91.9 Å². The largest absolute Gasteiger partial charge is 1.00 e. The Morgan fingerprint density at radius 3 is 1.54 bits per heavy atom. The Kier molecular flexibility index (Phi) is 27.2. The maximum absolute atomic E-state index is 10.7. The number of carbonyl (C=O) groups is 2. The van der Waals surface area contributed by atoms with Crippen LogP contribution >= 0.6 is 0 Å². The molecule has 0 fully saturated rings. The number of hydrogen-bond donors (Lipinski definition) is 2. The van der Waals surface area contributed by atoms with E-state index in [9.17, 15) is 23.1 Å². The van der Waals surface area contributed by atoms with Gasteiger partial charge in [0.2, 0.25) is 0 Å². The van der Waals surface area contributed by atoms with Gasteiger partial charge in [-0.1, -0.05) is 71.6 Å². The van der Waals surface area contributed by atoms with E-state index in [1.54, 1.807) is 0 Å². The molecular formula is C17H33NNa2O7S. The van der Waals surface area contributed by atoms with Gasteiger partial charge in [0.15, 0.2) is 0 Å². The van der Waals surface area contributed by atoms with Crippen LogP contribution in [0.25, 0.3) is 5.73 Å². The molecule has 0 aromatic carbocycles. The van der Waals surface area contributed by atoms with Gasteiger partial charge in [0.1, 0.15) is 4.75 Å². The van der Waals surface area contributed by atoms with Crippen molar-refractivity contribution in [2.75, 3.05) is 6.54 Å². The third-order valence-electron chi connectivity index (χ3n) is 4.15. The average Bonchev–Trinajstić information content (AvgIpc) is 2.54. The first kappa shape index (κ1) is 36.2. The number of nitrogens with one attached hydrogen (secondary N) is 1. The summed E-state index contributed by atoms with van der Waals surface area (Å²) in [6.07, 6.45) is 10.3. The molecule has 0 aliphatic carbocycles. The molecule has 0 aliphatic heterocycles. The number of carboxylic acid groups (broad SMARTS) is 2. The predicted molar refractivity (Wildman–Crippen MR) is 98.2 cm³/mol. The van der Waals surface area contributed by atoms with Gasteiger partial charge in [-0.15, -0.1) is 0 Å². The molecule has 0 spiro atoms. The number of rotatable bonds is 14. The molecule has 0 rings (SSSR count). The first-order chi connectivity index (χ1) is 12.1. The molecule has 0 aromatic rings.